The van der Waals surface area contributed by atoms with Gasteiger partial charge in [0.05, 0.1) is 5.02 Å². The van der Waals surface area contributed by atoms with Crippen LogP contribution >= 0.6 is 11.6 Å². The molecule has 0 heterocycles. The first-order chi connectivity index (χ1) is 6.65. The third-order valence-electron chi connectivity index (χ3n) is 1.72. The number of Topliss-reactive ketones (excluding diaryl/α,β-unsaturated/α-hetero) is 1. The lowest BCUT2D eigenvalue weighted by Gasteiger charge is -2.03. The van der Waals surface area contributed by atoms with Gasteiger partial charge in [0.25, 0.3) is 0 Å². The van der Waals surface area contributed by atoms with E-state index in [0.29, 0.717) is 5.56 Å². The van der Waals surface area contributed by atoms with Gasteiger partial charge in [-0.05, 0) is 11.6 Å². The van der Waals surface area contributed by atoms with E-state index in [1.165, 1.54) is 19.2 Å². The van der Waals surface area contributed by atoms with Crippen molar-refractivity contribution in [2.45, 2.75) is 6.42 Å². The fourth-order valence-electron chi connectivity index (χ4n) is 1.11. The molecule has 0 saturated carbocycles. The minimum absolute atomic E-state index is 0.0111. The molecule has 0 N–H and O–H groups in total. The number of rotatable bonds is 4. The highest BCUT2D eigenvalue weighted by atomic mass is 35.5. The lowest BCUT2D eigenvalue weighted by molar-refractivity contribution is -0.121. The van der Waals surface area contributed by atoms with E-state index < -0.39 is 5.82 Å². The Hall–Kier alpha value is -0.930. The van der Waals surface area contributed by atoms with Crippen LogP contribution in [0.3, 0.4) is 0 Å². The van der Waals surface area contributed by atoms with E-state index in [9.17, 15) is 9.18 Å². The van der Waals surface area contributed by atoms with Gasteiger partial charge in [0, 0.05) is 13.5 Å². The Bertz CT molecular complexity index is 339. The Labute approximate surface area is 86.6 Å². The molecule has 0 radical (unpaired) electrons. The number of benzene rings is 1. The second-order valence-corrected chi connectivity index (χ2v) is 3.24. The number of methoxy groups -OCH3 is 1. The Morgan fingerprint density at radius 3 is 2.93 bits per heavy atom. The van der Waals surface area contributed by atoms with Crippen molar-refractivity contribution in [3.63, 3.8) is 0 Å². The molecule has 0 fully saturated rings. The molecule has 0 aliphatic heterocycles. The summed E-state index contributed by atoms with van der Waals surface area (Å²) in [5.41, 5.74) is 0.494. The molecule has 76 valence electrons. The molecule has 1 aromatic rings. The van der Waals surface area contributed by atoms with Gasteiger partial charge in [-0.3, -0.25) is 4.79 Å². The van der Waals surface area contributed by atoms with Gasteiger partial charge in [0.15, 0.2) is 5.78 Å². The van der Waals surface area contributed by atoms with Crippen LogP contribution in [-0.4, -0.2) is 19.5 Å². The SMILES string of the molecule is COCC(=O)Cc1cccc(F)c1Cl. The molecule has 14 heavy (non-hydrogen) atoms. The maximum Gasteiger partial charge on any atom is 0.162 e. The van der Waals surface area contributed by atoms with Crippen molar-refractivity contribution >= 4 is 17.4 Å². The molecular formula is C10H10ClFO2. The first-order valence-corrected chi connectivity index (χ1v) is 4.46. The lowest BCUT2D eigenvalue weighted by Crippen LogP contribution is -2.10. The summed E-state index contributed by atoms with van der Waals surface area (Å²) in [6.45, 7) is 0.0207. The fraction of sp³-hybridized carbons (Fsp3) is 0.300. The van der Waals surface area contributed by atoms with Gasteiger partial charge in [0.2, 0.25) is 0 Å². The minimum atomic E-state index is -0.505. The standard InChI is InChI=1S/C10H10ClFO2/c1-14-6-8(13)5-7-3-2-4-9(12)10(7)11/h2-4H,5-6H2,1H3. The average Bonchev–Trinajstić information content (AvgIpc) is 2.13. The van der Waals surface area contributed by atoms with Gasteiger partial charge in [-0.25, -0.2) is 4.39 Å². The summed E-state index contributed by atoms with van der Waals surface area (Å²) in [5, 5.41) is 0.0111. The molecule has 0 aliphatic carbocycles. The second kappa shape index (κ2) is 5.08. The van der Waals surface area contributed by atoms with Crippen molar-refractivity contribution in [2.24, 2.45) is 0 Å². The fourth-order valence-corrected chi connectivity index (χ4v) is 1.30. The molecule has 0 unspecified atom stereocenters. The maximum atomic E-state index is 12.9. The second-order valence-electron chi connectivity index (χ2n) is 2.86. The molecule has 0 spiro atoms. The van der Waals surface area contributed by atoms with Crippen molar-refractivity contribution < 1.29 is 13.9 Å². The van der Waals surface area contributed by atoms with Crippen LogP contribution in [0.4, 0.5) is 4.39 Å². The monoisotopic (exact) mass is 216 g/mol. The topological polar surface area (TPSA) is 26.3 Å². The lowest BCUT2D eigenvalue weighted by atomic mass is 10.1. The molecule has 0 amide bonds. The van der Waals surface area contributed by atoms with Gasteiger partial charge in [-0.2, -0.15) is 0 Å². The predicted octanol–water partition coefficient (Wildman–Crippen LogP) is 2.24. The van der Waals surface area contributed by atoms with Crippen molar-refractivity contribution in [1.29, 1.82) is 0 Å². The van der Waals surface area contributed by atoms with E-state index in [0.717, 1.165) is 0 Å². The Kier molecular flexibility index (Phi) is 4.04. The zero-order chi connectivity index (χ0) is 10.6. The molecule has 1 aromatic carbocycles. The smallest absolute Gasteiger partial charge is 0.162 e. The van der Waals surface area contributed by atoms with Crippen molar-refractivity contribution in [2.75, 3.05) is 13.7 Å². The highest BCUT2D eigenvalue weighted by Gasteiger charge is 2.09. The van der Waals surface area contributed by atoms with Crippen LogP contribution in [-0.2, 0) is 16.0 Å². The first kappa shape index (κ1) is 11.1. The van der Waals surface area contributed by atoms with Gasteiger partial charge >= 0.3 is 0 Å². The summed E-state index contributed by atoms with van der Waals surface area (Å²) in [6, 6.07) is 4.40. The Morgan fingerprint density at radius 2 is 2.29 bits per heavy atom. The third-order valence-corrected chi connectivity index (χ3v) is 2.15. The zero-order valence-electron chi connectivity index (χ0n) is 7.72. The van der Waals surface area contributed by atoms with E-state index in [2.05, 4.69) is 4.74 Å². The van der Waals surface area contributed by atoms with E-state index in [1.807, 2.05) is 0 Å². The summed E-state index contributed by atoms with van der Waals surface area (Å²) >= 11 is 5.67. The van der Waals surface area contributed by atoms with E-state index in [4.69, 9.17) is 11.6 Å². The first-order valence-electron chi connectivity index (χ1n) is 4.08. The van der Waals surface area contributed by atoms with Crippen molar-refractivity contribution in [1.82, 2.24) is 0 Å². The Balaban J connectivity index is 2.76. The van der Waals surface area contributed by atoms with Crippen molar-refractivity contribution in [3.05, 3.63) is 34.6 Å². The van der Waals surface area contributed by atoms with Gasteiger partial charge in [-0.1, -0.05) is 23.7 Å². The minimum Gasteiger partial charge on any atom is -0.377 e. The molecule has 0 bridgehead atoms. The molecule has 0 aromatic heterocycles. The van der Waals surface area contributed by atoms with Crippen LogP contribution in [0.2, 0.25) is 5.02 Å². The predicted molar refractivity (Wildman–Crippen MR) is 52.0 cm³/mol. The maximum absolute atomic E-state index is 12.9. The largest absolute Gasteiger partial charge is 0.377 e. The zero-order valence-corrected chi connectivity index (χ0v) is 8.47. The summed E-state index contributed by atoms with van der Waals surface area (Å²) < 4.78 is 17.6. The molecule has 1 rings (SSSR count). The van der Waals surface area contributed by atoms with E-state index in [1.54, 1.807) is 6.07 Å². The number of ketones is 1. The highest BCUT2D eigenvalue weighted by Crippen LogP contribution is 2.20. The summed E-state index contributed by atoms with van der Waals surface area (Å²) in [4.78, 5) is 11.2. The van der Waals surface area contributed by atoms with Crippen molar-refractivity contribution in [3.8, 4) is 0 Å². The van der Waals surface area contributed by atoms with Crippen LogP contribution < -0.4 is 0 Å². The van der Waals surface area contributed by atoms with Gasteiger partial charge in [0.1, 0.15) is 12.4 Å². The van der Waals surface area contributed by atoms with E-state index in [-0.39, 0.29) is 23.8 Å². The third kappa shape index (κ3) is 2.79. The van der Waals surface area contributed by atoms with Gasteiger partial charge in [-0.15, -0.1) is 0 Å². The normalized spacial score (nSPS) is 10.2. The molecule has 4 heteroatoms. The molecular weight excluding hydrogens is 207 g/mol. The quantitative estimate of drug-likeness (QED) is 0.772. The summed E-state index contributed by atoms with van der Waals surface area (Å²) in [6.07, 6.45) is 0.102. The number of ether oxygens (including phenoxy) is 1. The number of hydrogen-bond acceptors (Lipinski definition) is 2. The van der Waals surface area contributed by atoms with Crippen LogP contribution in [0.25, 0.3) is 0 Å². The molecule has 0 saturated heterocycles. The van der Waals surface area contributed by atoms with Crippen LogP contribution in [0.5, 0.6) is 0 Å². The van der Waals surface area contributed by atoms with Gasteiger partial charge < -0.3 is 4.74 Å². The van der Waals surface area contributed by atoms with Crippen LogP contribution in [0.15, 0.2) is 18.2 Å². The average molecular weight is 217 g/mol. The number of carbonyl (C=O) groups is 1. The van der Waals surface area contributed by atoms with Crippen LogP contribution in [0.1, 0.15) is 5.56 Å². The van der Waals surface area contributed by atoms with Crippen LogP contribution in [0, 0.1) is 5.82 Å². The number of halogens is 2. The summed E-state index contributed by atoms with van der Waals surface area (Å²) in [7, 11) is 1.44. The molecule has 0 atom stereocenters. The highest BCUT2D eigenvalue weighted by molar-refractivity contribution is 6.31. The molecule has 2 nitrogen and oxygen atoms in total. The molecule has 0 aliphatic rings. The Morgan fingerprint density at radius 1 is 1.57 bits per heavy atom. The summed E-state index contributed by atoms with van der Waals surface area (Å²) in [5.74, 6) is -0.630. The number of hydrogen-bond donors (Lipinski definition) is 0. The number of carbonyl (C=O) groups excluding carboxylic acids is 1. The van der Waals surface area contributed by atoms with E-state index >= 15 is 0 Å².